The highest BCUT2D eigenvalue weighted by molar-refractivity contribution is 5.49. The molecule has 3 nitrogen and oxygen atoms in total. The fourth-order valence-corrected chi connectivity index (χ4v) is 3.22. The van der Waals surface area contributed by atoms with Crippen molar-refractivity contribution in [3.05, 3.63) is 23.3 Å². The van der Waals surface area contributed by atoms with E-state index in [4.69, 9.17) is 9.47 Å². The molecule has 0 aliphatic heterocycles. The lowest BCUT2D eigenvalue weighted by molar-refractivity contribution is 0.273. The highest BCUT2D eigenvalue weighted by Gasteiger charge is 2.30. The minimum atomic E-state index is 0.352. The van der Waals surface area contributed by atoms with Crippen molar-refractivity contribution in [2.45, 2.75) is 52.5 Å². The molecule has 0 spiro atoms. The second-order valence-electron chi connectivity index (χ2n) is 6.78. The summed E-state index contributed by atoms with van der Waals surface area (Å²) in [6.45, 7) is 8.00. The van der Waals surface area contributed by atoms with Gasteiger partial charge in [-0.15, -0.1) is 0 Å². The molecule has 0 radical (unpaired) electrons. The van der Waals surface area contributed by atoms with Gasteiger partial charge in [0.25, 0.3) is 0 Å². The molecular weight excluding hydrogens is 262 g/mol. The predicted octanol–water partition coefficient (Wildman–Crippen LogP) is 4.11. The van der Waals surface area contributed by atoms with Gasteiger partial charge in [0.15, 0.2) is 11.5 Å². The molecule has 1 aliphatic rings. The van der Waals surface area contributed by atoms with Crippen molar-refractivity contribution < 1.29 is 9.47 Å². The van der Waals surface area contributed by atoms with Crippen LogP contribution < -0.4 is 14.8 Å². The number of fused-ring (bicyclic) bond motifs is 1. The van der Waals surface area contributed by atoms with Crippen molar-refractivity contribution >= 4 is 0 Å². The molecule has 1 atom stereocenters. The summed E-state index contributed by atoms with van der Waals surface area (Å²) in [7, 11) is 3.41. The van der Waals surface area contributed by atoms with Gasteiger partial charge in [-0.3, -0.25) is 0 Å². The van der Waals surface area contributed by atoms with Crippen molar-refractivity contribution in [1.29, 1.82) is 0 Å². The third-order valence-corrected chi connectivity index (χ3v) is 4.49. The van der Waals surface area contributed by atoms with Crippen LogP contribution in [-0.4, -0.2) is 20.8 Å². The Bertz CT molecular complexity index is 482. The summed E-state index contributed by atoms with van der Waals surface area (Å²) in [6, 6.07) is 4.73. The van der Waals surface area contributed by atoms with E-state index in [1.165, 1.54) is 17.5 Å². The molecule has 1 aromatic rings. The van der Waals surface area contributed by atoms with Crippen LogP contribution >= 0.6 is 0 Å². The molecule has 118 valence electrons. The van der Waals surface area contributed by atoms with Crippen LogP contribution in [-0.2, 0) is 6.42 Å². The Morgan fingerprint density at radius 1 is 1.19 bits per heavy atom. The van der Waals surface area contributed by atoms with Gasteiger partial charge >= 0.3 is 0 Å². The van der Waals surface area contributed by atoms with E-state index in [1.54, 1.807) is 14.2 Å². The lowest BCUT2D eigenvalue weighted by Crippen LogP contribution is -2.26. The molecular formula is C18H29NO2. The highest BCUT2D eigenvalue weighted by Crippen LogP contribution is 2.42. The van der Waals surface area contributed by atoms with Crippen LogP contribution in [0.1, 0.15) is 57.2 Å². The molecule has 1 unspecified atom stereocenters. The SMILES string of the molecule is CCCNC1CC(C)(C)CCc2cc(OC)c(OC)cc21. The number of aryl methyl sites for hydroxylation is 1. The van der Waals surface area contributed by atoms with Gasteiger partial charge in [-0.1, -0.05) is 20.8 Å². The Morgan fingerprint density at radius 3 is 2.48 bits per heavy atom. The molecule has 0 aromatic heterocycles. The van der Waals surface area contributed by atoms with Crippen molar-refractivity contribution in [2.24, 2.45) is 5.41 Å². The molecule has 2 rings (SSSR count). The predicted molar refractivity (Wildman–Crippen MR) is 87.3 cm³/mol. The zero-order valence-corrected chi connectivity index (χ0v) is 14.1. The number of methoxy groups -OCH3 is 2. The Kier molecular flexibility index (Phi) is 5.15. The van der Waals surface area contributed by atoms with Gasteiger partial charge in [0, 0.05) is 6.04 Å². The number of hydrogen-bond acceptors (Lipinski definition) is 3. The van der Waals surface area contributed by atoms with Crippen LogP contribution in [0, 0.1) is 5.41 Å². The number of ether oxygens (including phenoxy) is 2. The number of rotatable bonds is 5. The monoisotopic (exact) mass is 291 g/mol. The van der Waals surface area contributed by atoms with Gasteiger partial charge in [0.1, 0.15) is 0 Å². The van der Waals surface area contributed by atoms with E-state index in [9.17, 15) is 0 Å². The Hall–Kier alpha value is -1.22. The van der Waals surface area contributed by atoms with Crippen LogP contribution in [0.4, 0.5) is 0 Å². The maximum absolute atomic E-state index is 5.50. The molecule has 0 saturated heterocycles. The summed E-state index contributed by atoms with van der Waals surface area (Å²) in [5.41, 5.74) is 3.13. The van der Waals surface area contributed by atoms with Crippen molar-refractivity contribution in [1.82, 2.24) is 5.32 Å². The Balaban J connectivity index is 2.42. The maximum atomic E-state index is 5.50. The molecule has 0 fully saturated rings. The number of nitrogens with one attached hydrogen (secondary N) is 1. The molecule has 3 heteroatoms. The van der Waals surface area contributed by atoms with E-state index < -0.39 is 0 Å². The largest absolute Gasteiger partial charge is 0.493 e. The van der Waals surface area contributed by atoms with Crippen LogP contribution in [0.2, 0.25) is 0 Å². The van der Waals surface area contributed by atoms with Gasteiger partial charge in [-0.2, -0.15) is 0 Å². The maximum Gasteiger partial charge on any atom is 0.161 e. The van der Waals surface area contributed by atoms with Gasteiger partial charge < -0.3 is 14.8 Å². The second kappa shape index (κ2) is 6.69. The minimum absolute atomic E-state index is 0.352. The van der Waals surface area contributed by atoms with E-state index in [2.05, 4.69) is 38.2 Å². The molecule has 0 amide bonds. The molecule has 1 N–H and O–H groups in total. The first kappa shape index (κ1) is 16.2. The van der Waals surface area contributed by atoms with Gasteiger partial charge in [-0.05, 0) is 60.9 Å². The highest BCUT2D eigenvalue weighted by atomic mass is 16.5. The summed E-state index contributed by atoms with van der Waals surface area (Å²) in [5, 5.41) is 3.72. The van der Waals surface area contributed by atoms with Crippen molar-refractivity contribution in [3.8, 4) is 11.5 Å². The molecule has 1 aliphatic carbocycles. The average Bonchev–Trinajstić information content (AvgIpc) is 2.60. The average molecular weight is 291 g/mol. The summed E-state index contributed by atoms with van der Waals surface area (Å²) in [5.74, 6) is 1.67. The van der Waals surface area contributed by atoms with Gasteiger partial charge in [-0.25, -0.2) is 0 Å². The molecule has 0 heterocycles. The first-order chi connectivity index (χ1) is 10.0. The fourth-order valence-electron chi connectivity index (χ4n) is 3.22. The van der Waals surface area contributed by atoms with Crippen LogP contribution in [0.25, 0.3) is 0 Å². The quantitative estimate of drug-likeness (QED) is 0.828. The molecule has 21 heavy (non-hydrogen) atoms. The summed E-state index contributed by atoms with van der Waals surface area (Å²) >= 11 is 0. The van der Waals surface area contributed by atoms with Crippen LogP contribution in [0.5, 0.6) is 11.5 Å². The lowest BCUT2D eigenvalue weighted by atomic mass is 9.83. The van der Waals surface area contributed by atoms with Crippen LogP contribution in [0.15, 0.2) is 12.1 Å². The fraction of sp³-hybridized carbons (Fsp3) is 0.667. The van der Waals surface area contributed by atoms with E-state index in [0.717, 1.165) is 37.3 Å². The van der Waals surface area contributed by atoms with E-state index >= 15 is 0 Å². The minimum Gasteiger partial charge on any atom is -0.493 e. The topological polar surface area (TPSA) is 30.5 Å². The van der Waals surface area contributed by atoms with Crippen molar-refractivity contribution in [3.63, 3.8) is 0 Å². The van der Waals surface area contributed by atoms with Crippen molar-refractivity contribution in [2.75, 3.05) is 20.8 Å². The number of hydrogen-bond donors (Lipinski definition) is 1. The van der Waals surface area contributed by atoms with Gasteiger partial charge in [0.05, 0.1) is 14.2 Å². The van der Waals surface area contributed by atoms with Gasteiger partial charge in [0.2, 0.25) is 0 Å². The second-order valence-corrected chi connectivity index (χ2v) is 6.78. The molecule has 1 aromatic carbocycles. The van der Waals surface area contributed by atoms with E-state index in [-0.39, 0.29) is 0 Å². The molecule has 0 bridgehead atoms. The Labute approximate surface area is 129 Å². The first-order valence-electron chi connectivity index (χ1n) is 7.99. The first-order valence-corrected chi connectivity index (χ1v) is 7.99. The third kappa shape index (κ3) is 3.70. The summed E-state index contributed by atoms with van der Waals surface area (Å²) in [4.78, 5) is 0. The van der Waals surface area contributed by atoms with E-state index in [0.29, 0.717) is 11.5 Å². The summed E-state index contributed by atoms with van der Waals surface area (Å²) in [6.07, 6.45) is 4.63. The zero-order valence-electron chi connectivity index (χ0n) is 14.1. The third-order valence-electron chi connectivity index (χ3n) is 4.49. The molecule has 0 saturated carbocycles. The summed E-state index contributed by atoms with van der Waals surface area (Å²) < 4.78 is 11.0. The number of benzene rings is 1. The normalized spacial score (nSPS) is 20.5. The van der Waals surface area contributed by atoms with Crippen LogP contribution in [0.3, 0.4) is 0 Å². The smallest absolute Gasteiger partial charge is 0.161 e. The zero-order chi connectivity index (χ0) is 15.5. The standard InChI is InChI=1S/C18H29NO2/c1-6-9-19-15-12-18(2,3)8-7-13-10-16(20-4)17(21-5)11-14(13)15/h10-11,15,19H,6-9,12H2,1-5H3. The Morgan fingerprint density at radius 2 is 1.86 bits per heavy atom. The van der Waals surface area contributed by atoms with E-state index in [1.807, 2.05) is 0 Å². The lowest BCUT2D eigenvalue weighted by Gasteiger charge is -2.28.